The van der Waals surface area contributed by atoms with E-state index in [4.69, 9.17) is 0 Å². The Balaban J connectivity index is 2.16. The van der Waals surface area contributed by atoms with Crippen molar-refractivity contribution in [2.45, 2.75) is 27.7 Å². The average molecular weight is 344 g/mol. The standard InChI is InChI=1S/C23H21FN2/c1-15-8-7-11-23(17(15)3)26-16(2)12-19(18(26)4)13-20(14-25)21-9-5-6-10-22(21)24/h5-13H,1-4H3. The van der Waals surface area contributed by atoms with Gasteiger partial charge in [-0.05, 0) is 68.7 Å². The van der Waals surface area contributed by atoms with Crippen LogP contribution >= 0.6 is 0 Å². The summed E-state index contributed by atoms with van der Waals surface area (Å²) in [5.41, 5.74) is 7.26. The molecule has 3 rings (SSSR count). The van der Waals surface area contributed by atoms with Crippen LogP contribution in [0.2, 0.25) is 0 Å². The van der Waals surface area contributed by atoms with E-state index >= 15 is 0 Å². The number of aryl methyl sites for hydroxylation is 2. The van der Waals surface area contributed by atoms with Gasteiger partial charge >= 0.3 is 0 Å². The number of halogens is 1. The molecule has 0 radical (unpaired) electrons. The van der Waals surface area contributed by atoms with E-state index < -0.39 is 0 Å². The number of hydrogen-bond acceptors (Lipinski definition) is 1. The molecule has 0 fully saturated rings. The molecular weight excluding hydrogens is 323 g/mol. The molecule has 26 heavy (non-hydrogen) atoms. The quantitative estimate of drug-likeness (QED) is 0.543. The van der Waals surface area contributed by atoms with Crippen molar-refractivity contribution in [3.63, 3.8) is 0 Å². The van der Waals surface area contributed by atoms with Crippen molar-refractivity contribution in [1.29, 1.82) is 5.26 Å². The van der Waals surface area contributed by atoms with Gasteiger partial charge < -0.3 is 4.57 Å². The normalized spacial score (nSPS) is 11.5. The molecule has 1 heterocycles. The van der Waals surface area contributed by atoms with Gasteiger partial charge in [-0.3, -0.25) is 0 Å². The first kappa shape index (κ1) is 17.7. The van der Waals surface area contributed by atoms with E-state index in [0.717, 1.165) is 22.6 Å². The summed E-state index contributed by atoms with van der Waals surface area (Å²) in [5.74, 6) is -0.386. The molecule has 3 heteroatoms. The highest BCUT2D eigenvalue weighted by molar-refractivity contribution is 5.90. The molecule has 0 atom stereocenters. The molecular formula is C23H21FN2. The number of nitrogens with zero attached hydrogens (tertiary/aromatic N) is 2. The van der Waals surface area contributed by atoms with Crippen molar-refractivity contribution in [1.82, 2.24) is 4.57 Å². The molecule has 0 aliphatic heterocycles. The molecule has 1 aromatic heterocycles. The van der Waals surface area contributed by atoms with E-state index in [1.165, 1.54) is 17.2 Å². The van der Waals surface area contributed by atoms with Crippen LogP contribution in [0.25, 0.3) is 17.3 Å². The Morgan fingerprint density at radius 1 is 1.04 bits per heavy atom. The van der Waals surface area contributed by atoms with Crippen LogP contribution in [0.3, 0.4) is 0 Å². The van der Waals surface area contributed by atoms with Crippen LogP contribution in [-0.4, -0.2) is 4.57 Å². The zero-order valence-corrected chi connectivity index (χ0v) is 15.5. The fraction of sp³-hybridized carbons (Fsp3) is 0.174. The zero-order chi connectivity index (χ0) is 18.8. The highest BCUT2D eigenvalue weighted by Crippen LogP contribution is 2.28. The molecule has 2 nitrogen and oxygen atoms in total. The lowest BCUT2D eigenvalue weighted by atomic mass is 10.0. The summed E-state index contributed by atoms with van der Waals surface area (Å²) >= 11 is 0. The van der Waals surface area contributed by atoms with Crippen molar-refractivity contribution in [2.24, 2.45) is 0 Å². The highest BCUT2D eigenvalue weighted by Gasteiger charge is 2.14. The number of aromatic nitrogens is 1. The summed E-state index contributed by atoms with van der Waals surface area (Å²) in [4.78, 5) is 0. The Morgan fingerprint density at radius 3 is 2.46 bits per heavy atom. The molecule has 2 aromatic carbocycles. The van der Waals surface area contributed by atoms with Crippen molar-refractivity contribution >= 4 is 11.6 Å². The molecule has 130 valence electrons. The van der Waals surface area contributed by atoms with Crippen LogP contribution < -0.4 is 0 Å². The zero-order valence-electron chi connectivity index (χ0n) is 15.5. The van der Waals surface area contributed by atoms with Crippen LogP contribution in [0.1, 0.15) is 33.6 Å². The summed E-state index contributed by atoms with van der Waals surface area (Å²) < 4.78 is 16.3. The Morgan fingerprint density at radius 2 is 1.77 bits per heavy atom. The summed E-state index contributed by atoms with van der Waals surface area (Å²) in [6.45, 7) is 8.27. The van der Waals surface area contributed by atoms with Gasteiger partial charge in [0.25, 0.3) is 0 Å². The number of allylic oxidation sites excluding steroid dienone is 1. The molecule has 0 saturated carbocycles. The first-order chi connectivity index (χ1) is 12.4. The third kappa shape index (κ3) is 3.07. The molecule has 0 unspecified atom stereocenters. The topological polar surface area (TPSA) is 28.7 Å². The fourth-order valence-electron chi connectivity index (χ4n) is 3.29. The minimum absolute atomic E-state index is 0.323. The average Bonchev–Trinajstić information content (AvgIpc) is 2.90. The second kappa shape index (κ2) is 7.01. The Hall–Kier alpha value is -3.12. The maximum Gasteiger partial charge on any atom is 0.131 e. The molecule has 0 spiro atoms. The monoisotopic (exact) mass is 344 g/mol. The van der Waals surface area contributed by atoms with Crippen LogP contribution in [0, 0.1) is 44.8 Å². The highest BCUT2D eigenvalue weighted by atomic mass is 19.1. The lowest BCUT2D eigenvalue weighted by Crippen LogP contribution is -2.02. The predicted molar refractivity (Wildman–Crippen MR) is 105 cm³/mol. The first-order valence-corrected chi connectivity index (χ1v) is 8.56. The van der Waals surface area contributed by atoms with Gasteiger partial charge in [-0.25, -0.2) is 4.39 Å². The Labute approximate surface area is 153 Å². The van der Waals surface area contributed by atoms with Gasteiger partial charge in [-0.15, -0.1) is 0 Å². The summed E-state index contributed by atoms with van der Waals surface area (Å²) in [6, 6.07) is 16.8. The molecule has 0 saturated heterocycles. The lowest BCUT2D eigenvalue weighted by Gasteiger charge is -2.14. The fourth-order valence-corrected chi connectivity index (χ4v) is 3.29. The van der Waals surface area contributed by atoms with Crippen LogP contribution in [0.4, 0.5) is 4.39 Å². The van der Waals surface area contributed by atoms with E-state index in [1.807, 2.05) is 26.0 Å². The Bertz CT molecular complexity index is 1050. The first-order valence-electron chi connectivity index (χ1n) is 8.56. The van der Waals surface area contributed by atoms with Crippen molar-refractivity contribution in [2.75, 3.05) is 0 Å². The second-order valence-corrected chi connectivity index (χ2v) is 6.53. The van der Waals surface area contributed by atoms with Gasteiger partial charge in [-0.1, -0.05) is 30.3 Å². The van der Waals surface area contributed by atoms with E-state index in [0.29, 0.717) is 11.1 Å². The minimum Gasteiger partial charge on any atom is -0.318 e. The van der Waals surface area contributed by atoms with Crippen molar-refractivity contribution in [3.05, 3.63) is 88.0 Å². The third-order valence-corrected chi connectivity index (χ3v) is 4.87. The number of nitriles is 1. The van der Waals surface area contributed by atoms with Gasteiger partial charge in [0.05, 0.1) is 11.6 Å². The van der Waals surface area contributed by atoms with E-state index in [1.54, 1.807) is 24.3 Å². The van der Waals surface area contributed by atoms with Gasteiger partial charge in [0.1, 0.15) is 5.82 Å². The molecule has 3 aromatic rings. The second-order valence-electron chi connectivity index (χ2n) is 6.53. The van der Waals surface area contributed by atoms with Gasteiger partial charge in [-0.2, -0.15) is 5.26 Å². The number of rotatable bonds is 3. The third-order valence-electron chi connectivity index (χ3n) is 4.87. The van der Waals surface area contributed by atoms with Gasteiger partial charge in [0.15, 0.2) is 0 Å². The van der Waals surface area contributed by atoms with Gasteiger partial charge in [0.2, 0.25) is 0 Å². The van der Waals surface area contributed by atoms with Crippen LogP contribution in [0.15, 0.2) is 48.5 Å². The maximum absolute atomic E-state index is 14.1. The van der Waals surface area contributed by atoms with E-state index in [-0.39, 0.29) is 5.82 Å². The maximum atomic E-state index is 14.1. The number of benzene rings is 2. The van der Waals surface area contributed by atoms with E-state index in [2.05, 4.69) is 36.6 Å². The molecule has 0 aliphatic carbocycles. The van der Waals surface area contributed by atoms with Gasteiger partial charge in [0, 0.05) is 22.6 Å². The number of hydrogen-bond donors (Lipinski definition) is 0. The predicted octanol–water partition coefficient (Wildman–Crippen LogP) is 5.91. The smallest absolute Gasteiger partial charge is 0.131 e. The molecule has 0 N–H and O–H groups in total. The summed E-state index contributed by atoms with van der Waals surface area (Å²) in [6.07, 6.45) is 1.77. The minimum atomic E-state index is -0.386. The van der Waals surface area contributed by atoms with Crippen LogP contribution in [-0.2, 0) is 0 Å². The molecule has 0 bridgehead atoms. The summed E-state index contributed by atoms with van der Waals surface area (Å²) in [7, 11) is 0. The Kier molecular flexibility index (Phi) is 4.77. The molecule has 0 aliphatic rings. The van der Waals surface area contributed by atoms with Crippen LogP contribution in [0.5, 0.6) is 0 Å². The van der Waals surface area contributed by atoms with E-state index in [9.17, 15) is 9.65 Å². The largest absolute Gasteiger partial charge is 0.318 e. The molecule has 0 amide bonds. The van der Waals surface area contributed by atoms with Crippen molar-refractivity contribution in [3.8, 4) is 11.8 Å². The van der Waals surface area contributed by atoms with Crippen molar-refractivity contribution < 1.29 is 4.39 Å². The SMILES string of the molecule is Cc1cccc(-n2c(C)cc(C=C(C#N)c3ccccc3F)c2C)c1C. The lowest BCUT2D eigenvalue weighted by molar-refractivity contribution is 0.624. The summed E-state index contributed by atoms with van der Waals surface area (Å²) in [5, 5.41) is 9.54.